The van der Waals surface area contributed by atoms with Crippen LogP contribution in [0.15, 0.2) is 42.5 Å². The molecule has 0 fully saturated rings. The summed E-state index contributed by atoms with van der Waals surface area (Å²) in [5, 5.41) is 0. The molecular weight excluding hydrogens is 319 g/mol. The van der Waals surface area contributed by atoms with E-state index in [0.29, 0.717) is 30.0 Å². The second-order valence-corrected chi connectivity index (χ2v) is 5.33. The van der Waals surface area contributed by atoms with Gasteiger partial charge in [-0.1, -0.05) is 24.3 Å². The fraction of sp³-hybridized carbons (Fsp3) is 0.333. The predicted octanol–water partition coefficient (Wildman–Crippen LogP) is 4.18. The minimum atomic E-state index is -4.37. The van der Waals surface area contributed by atoms with Crippen molar-refractivity contribution in [3.05, 3.63) is 59.2 Å². The number of para-hydroxylation sites is 1. The monoisotopic (exact) mass is 339 g/mol. The van der Waals surface area contributed by atoms with Crippen LogP contribution < -0.4 is 15.2 Å². The highest BCUT2D eigenvalue weighted by Gasteiger charge is 2.30. The molecule has 2 aromatic carbocycles. The molecule has 24 heavy (non-hydrogen) atoms. The number of hydrogen-bond donors (Lipinski definition) is 1. The molecule has 2 N–H and O–H groups in total. The Bertz CT molecular complexity index is 672. The Morgan fingerprint density at radius 3 is 2.50 bits per heavy atom. The van der Waals surface area contributed by atoms with Gasteiger partial charge in [0.2, 0.25) is 0 Å². The second-order valence-electron chi connectivity index (χ2n) is 5.33. The summed E-state index contributed by atoms with van der Waals surface area (Å²) in [6.45, 7) is 0.574. The van der Waals surface area contributed by atoms with Crippen LogP contribution in [0.25, 0.3) is 0 Å². The Balaban J connectivity index is 2.19. The standard InChI is InChI=1S/C18H20F3NO2/c1-23-16-9-3-6-14(7-4-10-22)17(16)24-12-13-5-2-8-15(11-13)18(19,20)21/h2-3,5-6,8-9,11H,4,7,10,12,22H2,1H3. The number of aryl methyl sites for hydroxylation is 1. The number of methoxy groups -OCH3 is 1. The maximum Gasteiger partial charge on any atom is 0.416 e. The van der Waals surface area contributed by atoms with Gasteiger partial charge in [-0.2, -0.15) is 13.2 Å². The van der Waals surface area contributed by atoms with E-state index in [1.54, 1.807) is 12.1 Å². The minimum absolute atomic E-state index is 0.0277. The van der Waals surface area contributed by atoms with Crippen molar-refractivity contribution in [2.75, 3.05) is 13.7 Å². The van der Waals surface area contributed by atoms with Crippen LogP contribution in [0, 0.1) is 0 Å². The van der Waals surface area contributed by atoms with Crippen molar-refractivity contribution in [1.29, 1.82) is 0 Å². The maximum atomic E-state index is 12.8. The van der Waals surface area contributed by atoms with Crippen LogP contribution in [0.4, 0.5) is 13.2 Å². The molecule has 0 aliphatic rings. The zero-order valence-electron chi connectivity index (χ0n) is 13.4. The van der Waals surface area contributed by atoms with E-state index in [0.717, 1.165) is 24.1 Å². The molecule has 0 spiro atoms. The molecule has 3 nitrogen and oxygen atoms in total. The van der Waals surface area contributed by atoms with E-state index in [-0.39, 0.29) is 6.61 Å². The number of nitrogens with two attached hydrogens (primary N) is 1. The third-order valence-corrected chi connectivity index (χ3v) is 3.57. The Labute approximate surface area is 139 Å². The minimum Gasteiger partial charge on any atom is -0.493 e. The van der Waals surface area contributed by atoms with Crippen LogP contribution in [-0.2, 0) is 19.2 Å². The van der Waals surface area contributed by atoms with E-state index in [9.17, 15) is 13.2 Å². The van der Waals surface area contributed by atoms with Gasteiger partial charge in [0, 0.05) is 0 Å². The molecule has 0 radical (unpaired) electrons. The first-order chi connectivity index (χ1) is 11.5. The normalized spacial score (nSPS) is 11.4. The molecule has 0 bridgehead atoms. The summed E-state index contributed by atoms with van der Waals surface area (Å²) in [6, 6.07) is 10.6. The molecule has 6 heteroatoms. The first-order valence-electron chi connectivity index (χ1n) is 7.60. The number of hydrogen-bond acceptors (Lipinski definition) is 3. The van der Waals surface area contributed by atoms with Gasteiger partial charge in [0.1, 0.15) is 6.61 Å². The van der Waals surface area contributed by atoms with Gasteiger partial charge in [0.25, 0.3) is 0 Å². The summed E-state index contributed by atoms with van der Waals surface area (Å²) in [5.41, 5.74) is 6.22. The average molecular weight is 339 g/mol. The summed E-state index contributed by atoms with van der Waals surface area (Å²) in [7, 11) is 1.53. The molecule has 0 aliphatic carbocycles. The largest absolute Gasteiger partial charge is 0.493 e. The van der Waals surface area contributed by atoms with Crippen LogP contribution >= 0.6 is 0 Å². The summed E-state index contributed by atoms with van der Waals surface area (Å²) in [4.78, 5) is 0. The fourth-order valence-corrected chi connectivity index (χ4v) is 2.37. The molecule has 0 amide bonds. The van der Waals surface area contributed by atoms with Gasteiger partial charge in [-0.05, 0) is 48.7 Å². The zero-order chi connectivity index (χ0) is 17.6. The van der Waals surface area contributed by atoms with Gasteiger partial charge in [0.05, 0.1) is 12.7 Å². The number of ether oxygens (including phenoxy) is 2. The van der Waals surface area contributed by atoms with E-state index in [2.05, 4.69) is 0 Å². The van der Waals surface area contributed by atoms with Crippen LogP contribution in [0.2, 0.25) is 0 Å². The van der Waals surface area contributed by atoms with E-state index >= 15 is 0 Å². The van der Waals surface area contributed by atoms with Crippen LogP contribution in [-0.4, -0.2) is 13.7 Å². The number of rotatable bonds is 7. The SMILES string of the molecule is COc1cccc(CCCN)c1OCc1cccc(C(F)(F)F)c1. The van der Waals surface area contributed by atoms with Gasteiger partial charge in [-0.25, -0.2) is 0 Å². The molecule has 0 unspecified atom stereocenters. The lowest BCUT2D eigenvalue weighted by molar-refractivity contribution is -0.137. The smallest absolute Gasteiger partial charge is 0.416 e. The molecule has 2 rings (SSSR count). The van der Waals surface area contributed by atoms with Crippen molar-refractivity contribution in [3.8, 4) is 11.5 Å². The van der Waals surface area contributed by atoms with Crippen molar-refractivity contribution in [1.82, 2.24) is 0 Å². The lowest BCUT2D eigenvalue weighted by Gasteiger charge is -2.15. The molecule has 0 saturated heterocycles. The Morgan fingerprint density at radius 1 is 1.08 bits per heavy atom. The predicted molar refractivity (Wildman–Crippen MR) is 86.1 cm³/mol. The lowest BCUT2D eigenvalue weighted by Crippen LogP contribution is -2.07. The van der Waals surface area contributed by atoms with Crippen molar-refractivity contribution in [2.45, 2.75) is 25.6 Å². The van der Waals surface area contributed by atoms with Gasteiger partial charge in [-0.3, -0.25) is 0 Å². The van der Waals surface area contributed by atoms with Crippen molar-refractivity contribution >= 4 is 0 Å². The van der Waals surface area contributed by atoms with Crippen molar-refractivity contribution < 1.29 is 22.6 Å². The third-order valence-electron chi connectivity index (χ3n) is 3.57. The molecule has 0 aromatic heterocycles. The molecule has 130 valence electrons. The number of benzene rings is 2. The van der Waals surface area contributed by atoms with Gasteiger partial charge in [-0.15, -0.1) is 0 Å². The number of halogens is 3. The summed E-state index contributed by atoms with van der Waals surface area (Å²) in [6.07, 6.45) is -2.87. The molecule has 0 aliphatic heterocycles. The van der Waals surface area contributed by atoms with Crippen molar-refractivity contribution in [3.63, 3.8) is 0 Å². The summed E-state index contributed by atoms with van der Waals surface area (Å²) in [5.74, 6) is 1.10. The third kappa shape index (κ3) is 4.64. The van der Waals surface area contributed by atoms with Gasteiger partial charge >= 0.3 is 6.18 Å². The molecule has 0 saturated carbocycles. The molecule has 0 heterocycles. The lowest BCUT2D eigenvalue weighted by atomic mass is 10.1. The van der Waals surface area contributed by atoms with Gasteiger partial charge < -0.3 is 15.2 Å². The summed E-state index contributed by atoms with van der Waals surface area (Å²) < 4.78 is 49.4. The molecular formula is C18H20F3NO2. The zero-order valence-corrected chi connectivity index (χ0v) is 13.4. The quantitative estimate of drug-likeness (QED) is 0.823. The van der Waals surface area contributed by atoms with Crippen LogP contribution in [0.5, 0.6) is 11.5 Å². The van der Waals surface area contributed by atoms with E-state index < -0.39 is 11.7 Å². The average Bonchev–Trinajstić information content (AvgIpc) is 2.57. The van der Waals surface area contributed by atoms with Crippen LogP contribution in [0.1, 0.15) is 23.1 Å². The van der Waals surface area contributed by atoms with Gasteiger partial charge in [0.15, 0.2) is 11.5 Å². The Hall–Kier alpha value is -2.21. The Kier molecular flexibility index (Phi) is 6.09. The van der Waals surface area contributed by atoms with E-state index in [1.165, 1.54) is 13.2 Å². The first kappa shape index (κ1) is 18.1. The summed E-state index contributed by atoms with van der Waals surface area (Å²) >= 11 is 0. The molecule has 0 atom stereocenters. The maximum absolute atomic E-state index is 12.8. The topological polar surface area (TPSA) is 44.5 Å². The fourth-order valence-electron chi connectivity index (χ4n) is 2.37. The number of alkyl halides is 3. The Morgan fingerprint density at radius 2 is 1.83 bits per heavy atom. The van der Waals surface area contributed by atoms with Crippen molar-refractivity contribution in [2.24, 2.45) is 5.73 Å². The van der Waals surface area contributed by atoms with E-state index in [4.69, 9.17) is 15.2 Å². The highest BCUT2D eigenvalue weighted by molar-refractivity contribution is 5.47. The highest BCUT2D eigenvalue weighted by Crippen LogP contribution is 2.33. The second kappa shape index (κ2) is 8.06. The van der Waals surface area contributed by atoms with E-state index in [1.807, 2.05) is 12.1 Å². The first-order valence-corrected chi connectivity index (χ1v) is 7.60. The highest BCUT2D eigenvalue weighted by atomic mass is 19.4. The molecule has 2 aromatic rings. The van der Waals surface area contributed by atoms with Crippen LogP contribution in [0.3, 0.4) is 0 Å².